The van der Waals surface area contributed by atoms with Crippen LogP contribution in [0, 0.1) is 0 Å². The van der Waals surface area contributed by atoms with Crippen LogP contribution in [0.1, 0.15) is 31.9 Å². The predicted octanol–water partition coefficient (Wildman–Crippen LogP) is 5.18. The average molecular weight is 377 g/mol. The van der Waals surface area contributed by atoms with Gasteiger partial charge in [-0.05, 0) is 41.2 Å². The van der Waals surface area contributed by atoms with E-state index in [1.54, 1.807) is 13.3 Å². The van der Waals surface area contributed by atoms with Gasteiger partial charge in [0.2, 0.25) is 5.95 Å². The highest BCUT2D eigenvalue weighted by atomic mass is 16.5. The van der Waals surface area contributed by atoms with Crippen molar-refractivity contribution in [2.45, 2.75) is 32.6 Å². The van der Waals surface area contributed by atoms with Crippen LogP contribution >= 0.6 is 0 Å². The van der Waals surface area contributed by atoms with Gasteiger partial charge in [-0.2, -0.15) is 4.98 Å². The molecule has 2 N–H and O–H groups in total. The van der Waals surface area contributed by atoms with Crippen molar-refractivity contribution in [3.05, 3.63) is 71.9 Å². The first kappa shape index (κ1) is 19.7. The molecule has 1 heterocycles. The van der Waals surface area contributed by atoms with Crippen molar-refractivity contribution in [2.24, 2.45) is 0 Å². The molecule has 5 nitrogen and oxygen atoms in total. The molecule has 0 amide bonds. The van der Waals surface area contributed by atoms with E-state index in [1.807, 2.05) is 30.3 Å². The van der Waals surface area contributed by atoms with Gasteiger partial charge in [0.05, 0.1) is 7.11 Å². The van der Waals surface area contributed by atoms with Crippen molar-refractivity contribution in [3.8, 4) is 5.75 Å². The lowest BCUT2D eigenvalue weighted by Gasteiger charge is -2.23. The second-order valence-corrected chi connectivity index (χ2v) is 7.67. The Morgan fingerprint density at radius 2 is 1.71 bits per heavy atom. The number of nitrogens with zero attached hydrogens (tertiary/aromatic N) is 2. The standard InChI is InChI=1S/C23H28N4O/c1-23(2,3)18-10-6-7-11-19(18)26-22-25-16-14-21(27-22)24-15-13-17-9-5-8-12-20(17)28-4/h5-12,14,16H,13,15H2,1-4H3,(H2,24,25,26,27). The van der Waals surface area contributed by atoms with Crippen molar-refractivity contribution in [1.82, 2.24) is 9.97 Å². The van der Waals surface area contributed by atoms with Crippen LogP contribution < -0.4 is 15.4 Å². The molecular formula is C23H28N4O. The van der Waals surface area contributed by atoms with E-state index in [2.05, 4.69) is 65.6 Å². The van der Waals surface area contributed by atoms with E-state index in [0.29, 0.717) is 5.95 Å². The van der Waals surface area contributed by atoms with Crippen molar-refractivity contribution in [3.63, 3.8) is 0 Å². The molecule has 0 fully saturated rings. The van der Waals surface area contributed by atoms with Crippen LogP contribution in [0.5, 0.6) is 5.75 Å². The van der Waals surface area contributed by atoms with Crippen LogP contribution in [-0.4, -0.2) is 23.6 Å². The Labute approximate surface area is 167 Å². The van der Waals surface area contributed by atoms with Crippen molar-refractivity contribution >= 4 is 17.5 Å². The molecule has 0 saturated carbocycles. The van der Waals surface area contributed by atoms with E-state index >= 15 is 0 Å². The molecule has 0 aliphatic carbocycles. The number of benzene rings is 2. The molecule has 146 valence electrons. The first-order valence-electron chi connectivity index (χ1n) is 9.53. The largest absolute Gasteiger partial charge is 0.496 e. The molecule has 0 aliphatic heterocycles. The highest BCUT2D eigenvalue weighted by molar-refractivity contribution is 5.61. The van der Waals surface area contributed by atoms with Gasteiger partial charge in [-0.3, -0.25) is 0 Å². The van der Waals surface area contributed by atoms with Crippen LogP contribution in [0.15, 0.2) is 60.8 Å². The quantitative estimate of drug-likeness (QED) is 0.595. The van der Waals surface area contributed by atoms with E-state index in [0.717, 1.165) is 30.2 Å². The Hall–Kier alpha value is -3.08. The zero-order chi connectivity index (χ0) is 20.0. The first-order valence-corrected chi connectivity index (χ1v) is 9.53. The number of hydrogen-bond donors (Lipinski definition) is 2. The summed E-state index contributed by atoms with van der Waals surface area (Å²) in [5, 5.41) is 6.73. The lowest BCUT2D eigenvalue weighted by atomic mass is 9.86. The Kier molecular flexibility index (Phi) is 6.14. The summed E-state index contributed by atoms with van der Waals surface area (Å²) >= 11 is 0. The summed E-state index contributed by atoms with van der Waals surface area (Å²) in [6.07, 6.45) is 2.62. The number of para-hydroxylation sites is 2. The van der Waals surface area contributed by atoms with Crippen molar-refractivity contribution in [2.75, 3.05) is 24.3 Å². The maximum absolute atomic E-state index is 5.41. The number of methoxy groups -OCH3 is 1. The molecule has 3 aromatic rings. The van der Waals surface area contributed by atoms with Gasteiger partial charge in [0.25, 0.3) is 0 Å². The second-order valence-electron chi connectivity index (χ2n) is 7.67. The number of rotatable bonds is 7. The third-order valence-electron chi connectivity index (χ3n) is 4.53. The van der Waals surface area contributed by atoms with E-state index in [4.69, 9.17) is 4.74 Å². The molecule has 0 unspecified atom stereocenters. The third kappa shape index (κ3) is 5.00. The summed E-state index contributed by atoms with van der Waals surface area (Å²) in [4.78, 5) is 8.97. The second kappa shape index (κ2) is 8.74. The zero-order valence-electron chi connectivity index (χ0n) is 17.0. The number of anilines is 3. The molecule has 0 radical (unpaired) electrons. The minimum Gasteiger partial charge on any atom is -0.496 e. The number of hydrogen-bond acceptors (Lipinski definition) is 5. The third-order valence-corrected chi connectivity index (χ3v) is 4.53. The number of nitrogens with one attached hydrogen (secondary N) is 2. The van der Waals surface area contributed by atoms with E-state index in [9.17, 15) is 0 Å². The molecule has 3 rings (SSSR count). The number of ether oxygens (including phenoxy) is 1. The molecule has 0 bridgehead atoms. The average Bonchev–Trinajstić information content (AvgIpc) is 2.68. The fourth-order valence-corrected chi connectivity index (χ4v) is 3.12. The topological polar surface area (TPSA) is 59.1 Å². The molecule has 0 atom stereocenters. The summed E-state index contributed by atoms with van der Waals surface area (Å²) in [7, 11) is 1.70. The monoisotopic (exact) mass is 376 g/mol. The first-order chi connectivity index (χ1) is 13.5. The minimum atomic E-state index is 0.0359. The molecule has 28 heavy (non-hydrogen) atoms. The highest BCUT2D eigenvalue weighted by Crippen LogP contribution is 2.30. The molecular weight excluding hydrogens is 348 g/mol. The molecule has 0 spiro atoms. The van der Waals surface area contributed by atoms with Crippen LogP contribution in [0.25, 0.3) is 0 Å². The summed E-state index contributed by atoms with van der Waals surface area (Å²) in [6, 6.07) is 18.2. The Bertz CT molecular complexity index is 918. The summed E-state index contributed by atoms with van der Waals surface area (Å²) in [6.45, 7) is 7.36. The highest BCUT2D eigenvalue weighted by Gasteiger charge is 2.17. The van der Waals surface area contributed by atoms with Gasteiger partial charge < -0.3 is 15.4 Å². The summed E-state index contributed by atoms with van der Waals surface area (Å²) in [5.41, 5.74) is 3.46. The van der Waals surface area contributed by atoms with Gasteiger partial charge in [0.15, 0.2) is 0 Å². The molecule has 1 aromatic heterocycles. The molecule has 2 aromatic carbocycles. The minimum absolute atomic E-state index is 0.0359. The van der Waals surface area contributed by atoms with Crippen LogP contribution in [0.3, 0.4) is 0 Å². The lowest BCUT2D eigenvalue weighted by Crippen LogP contribution is -2.14. The van der Waals surface area contributed by atoms with Crippen molar-refractivity contribution < 1.29 is 4.74 Å². The molecule has 5 heteroatoms. The van der Waals surface area contributed by atoms with Gasteiger partial charge in [0.1, 0.15) is 11.6 Å². The zero-order valence-corrected chi connectivity index (χ0v) is 17.0. The van der Waals surface area contributed by atoms with Gasteiger partial charge >= 0.3 is 0 Å². The van der Waals surface area contributed by atoms with Gasteiger partial charge in [0, 0.05) is 18.4 Å². The van der Waals surface area contributed by atoms with Gasteiger partial charge in [-0.25, -0.2) is 4.98 Å². The predicted molar refractivity (Wildman–Crippen MR) is 116 cm³/mol. The molecule has 0 saturated heterocycles. The van der Waals surface area contributed by atoms with E-state index < -0.39 is 0 Å². The Morgan fingerprint density at radius 3 is 2.50 bits per heavy atom. The number of aromatic nitrogens is 2. The fraction of sp³-hybridized carbons (Fsp3) is 0.304. The lowest BCUT2D eigenvalue weighted by molar-refractivity contribution is 0.410. The van der Waals surface area contributed by atoms with Gasteiger partial charge in [-0.1, -0.05) is 57.2 Å². The maximum atomic E-state index is 5.41. The Morgan fingerprint density at radius 1 is 0.964 bits per heavy atom. The van der Waals surface area contributed by atoms with Crippen LogP contribution in [0.2, 0.25) is 0 Å². The smallest absolute Gasteiger partial charge is 0.229 e. The fourth-order valence-electron chi connectivity index (χ4n) is 3.12. The van der Waals surface area contributed by atoms with E-state index in [-0.39, 0.29) is 5.41 Å². The summed E-state index contributed by atoms with van der Waals surface area (Å²) in [5.74, 6) is 2.28. The van der Waals surface area contributed by atoms with Crippen molar-refractivity contribution in [1.29, 1.82) is 0 Å². The van der Waals surface area contributed by atoms with Crippen LogP contribution in [-0.2, 0) is 11.8 Å². The Balaban J connectivity index is 1.67. The maximum Gasteiger partial charge on any atom is 0.229 e. The van der Waals surface area contributed by atoms with E-state index in [1.165, 1.54) is 11.1 Å². The SMILES string of the molecule is COc1ccccc1CCNc1ccnc(Nc2ccccc2C(C)(C)C)n1. The van der Waals surface area contributed by atoms with Gasteiger partial charge in [-0.15, -0.1) is 0 Å². The molecule has 0 aliphatic rings. The van der Waals surface area contributed by atoms with Crippen LogP contribution in [0.4, 0.5) is 17.5 Å². The normalized spacial score (nSPS) is 11.1. The summed E-state index contributed by atoms with van der Waals surface area (Å²) < 4.78 is 5.41.